The minimum atomic E-state index is -3.63. The maximum atomic E-state index is 12.2. The summed E-state index contributed by atoms with van der Waals surface area (Å²) in [6.07, 6.45) is 4.18. The van der Waals surface area contributed by atoms with Gasteiger partial charge in [0.05, 0.1) is 18.2 Å². The van der Waals surface area contributed by atoms with Crippen molar-refractivity contribution in [2.75, 3.05) is 23.7 Å². The second-order valence-corrected chi connectivity index (χ2v) is 7.92. The number of ether oxygens (including phenoxy) is 1. The Kier molecular flexibility index (Phi) is 7.34. The van der Waals surface area contributed by atoms with Crippen LogP contribution in [0.15, 0.2) is 66.3 Å². The average Bonchev–Trinajstić information content (AvgIpc) is 2.65. The van der Waals surface area contributed by atoms with Gasteiger partial charge in [-0.1, -0.05) is 30.9 Å². The molecule has 0 saturated heterocycles. The van der Waals surface area contributed by atoms with Crippen molar-refractivity contribution in [3.05, 3.63) is 72.3 Å². The van der Waals surface area contributed by atoms with Crippen LogP contribution >= 0.6 is 0 Å². The summed E-state index contributed by atoms with van der Waals surface area (Å²) in [6, 6.07) is 14.1. The Labute approximate surface area is 165 Å². The van der Waals surface area contributed by atoms with Gasteiger partial charge in [0.2, 0.25) is 10.0 Å². The highest BCUT2D eigenvalue weighted by atomic mass is 32.2. The van der Waals surface area contributed by atoms with Crippen molar-refractivity contribution in [1.29, 1.82) is 0 Å². The zero-order chi connectivity index (χ0) is 20.6. The van der Waals surface area contributed by atoms with Crippen LogP contribution < -0.4 is 14.5 Å². The van der Waals surface area contributed by atoms with Gasteiger partial charge in [0, 0.05) is 0 Å². The van der Waals surface area contributed by atoms with Crippen molar-refractivity contribution in [2.45, 2.75) is 6.92 Å². The predicted molar refractivity (Wildman–Crippen MR) is 111 cm³/mol. The van der Waals surface area contributed by atoms with E-state index in [1.54, 1.807) is 61.5 Å². The van der Waals surface area contributed by atoms with Crippen molar-refractivity contribution in [2.24, 2.45) is 5.10 Å². The Bertz CT molecular complexity index is 954. The first-order chi connectivity index (χ1) is 13.3. The lowest BCUT2D eigenvalue weighted by atomic mass is 10.2. The van der Waals surface area contributed by atoms with Gasteiger partial charge < -0.3 is 4.74 Å². The van der Waals surface area contributed by atoms with E-state index in [1.165, 1.54) is 6.21 Å². The summed E-state index contributed by atoms with van der Waals surface area (Å²) >= 11 is 0. The largest absolute Gasteiger partial charge is 0.490 e. The Balaban J connectivity index is 2.00. The van der Waals surface area contributed by atoms with Crippen LogP contribution in [-0.2, 0) is 14.8 Å². The molecule has 0 unspecified atom stereocenters. The molecule has 0 aliphatic carbocycles. The third-order valence-corrected chi connectivity index (χ3v) is 4.85. The molecule has 2 aromatic carbocycles. The van der Waals surface area contributed by atoms with Gasteiger partial charge in [-0.2, -0.15) is 5.10 Å². The minimum absolute atomic E-state index is 0.366. The molecule has 1 amide bonds. The summed E-state index contributed by atoms with van der Waals surface area (Å²) in [5, 5.41) is 3.88. The number of rotatable bonds is 9. The van der Waals surface area contributed by atoms with Crippen LogP contribution in [0.3, 0.4) is 0 Å². The van der Waals surface area contributed by atoms with Crippen molar-refractivity contribution in [3.8, 4) is 5.75 Å². The van der Waals surface area contributed by atoms with Crippen LogP contribution in [0.2, 0.25) is 0 Å². The molecular formula is C20H23N3O4S. The number of para-hydroxylation sites is 1. The second-order valence-electron chi connectivity index (χ2n) is 6.02. The number of nitrogens with zero attached hydrogens (tertiary/aromatic N) is 2. The number of sulfonamides is 1. The molecule has 0 atom stereocenters. The quantitative estimate of drug-likeness (QED) is 0.397. The molecule has 148 valence electrons. The van der Waals surface area contributed by atoms with E-state index in [4.69, 9.17) is 4.74 Å². The van der Waals surface area contributed by atoms with Gasteiger partial charge in [-0.15, -0.1) is 0 Å². The average molecular weight is 401 g/mol. The van der Waals surface area contributed by atoms with E-state index in [0.717, 1.165) is 21.7 Å². The maximum Gasteiger partial charge on any atom is 0.260 e. The third kappa shape index (κ3) is 6.24. The SMILES string of the molecule is C=CCOc1ccc(/C=N\NC(=O)CN(c2ccccc2C)S(C)(=O)=O)cc1. The molecule has 0 spiro atoms. The van der Waals surface area contributed by atoms with E-state index in [9.17, 15) is 13.2 Å². The summed E-state index contributed by atoms with van der Waals surface area (Å²) < 4.78 is 30.7. The molecular weight excluding hydrogens is 378 g/mol. The van der Waals surface area contributed by atoms with Crippen LogP contribution in [0.25, 0.3) is 0 Å². The molecule has 0 bridgehead atoms. The van der Waals surface area contributed by atoms with Gasteiger partial charge in [-0.3, -0.25) is 9.10 Å². The normalized spacial score (nSPS) is 11.2. The number of carbonyl (C=O) groups is 1. The highest BCUT2D eigenvalue weighted by Gasteiger charge is 2.21. The summed E-state index contributed by atoms with van der Waals surface area (Å²) in [4.78, 5) is 12.2. The van der Waals surface area contributed by atoms with Crippen LogP contribution in [0, 0.1) is 6.92 Å². The first kappa shape index (κ1) is 21.2. The topological polar surface area (TPSA) is 88.1 Å². The van der Waals surface area contributed by atoms with Gasteiger partial charge in [-0.05, 0) is 48.4 Å². The Morgan fingerprint density at radius 1 is 1.21 bits per heavy atom. The molecule has 1 N–H and O–H groups in total. The lowest BCUT2D eigenvalue weighted by molar-refractivity contribution is -0.119. The Morgan fingerprint density at radius 3 is 2.50 bits per heavy atom. The fourth-order valence-electron chi connectivity index (χ4n) is 2.37. The maximum absolute atomic E-state index is 12.2. The summed E-state index contributed by atoms with van der Waals surface area (Å²) in [5.41, 5.74) is 4.32. The number of anilines is 1. The van der Waals surface area contributed by atoms with Gasteiger partial charge >= 0.3 is 0 Å². The molecule has 2 aromatic rings. The van der Waals surface area contributed by atoms with E-state index < -0.39 is 15.9 Å². The van der Waals surface area contributed by atoms with Gasteiger partial charge in [0.15, 0.2) is 0 Å². The van der Waals surface area contributed by atoms with Crippen LogP contribution in [0.1, 0.15) is 11.1 Å². The summed E-state index contributed by atoms with van der Waals surface area (Å²) in [6.45, 7) is 5.42. The van der Waals surface area contributed by atoms with Crippen molar-refractivity contribution >= 4 is 27.8 Å². The molecule has 0 fully saturated rings. The number of hydrogen-bond donors (Lipinski definition) is 1. The van der Waals surface area contributed by atoms with Crippen molar-refractivity contribution in [3.63, 3.8) is 0 Å². The Hall–Kier alpha value is -3.13. The van der Waals surface area contributed by atoms with E-state index in [-0.39, 0.29) is 6.54 Å². The Morgan fingerprint density at radius 2 is 1.89 bits per heavy atom. The third-order valence-electron chi connectivity index (χ3n) is 3.72. The first-order valence-electron chi connectivity index (χ1n) is 8.50. The fourth-order valence-corrected chi connectivity index (χ4v) is 3.29. The molecule has 0 aliphatic heterocycles. The molecule has 0 radical (unpaired) electrons. The predicted octanol–water partition coefficient (Wildman–Crippen LogP) is 2.48. The smallest absolute Gasteiger partial charge is 0.260 e. The highest BCUT2D eigenvalue weighted by Crippen LogP contribution is 2.21. The number of amides is 1. The van der Waals surface area contributed by atoms with E-state index in [1.807, 2.05) is 0 Å². The van der Waals surface area contributed by atoms with E-state index >= 15 is 0 Å². The number of carbonyl (C=O) groups excluding carboxylic acids is 1. The lowest BCUT2D eigenvalue weighted by Crippen LogP contribution is -2.39. The zero-order valence-electron chi connectivity index (χ0n) is 15.8. The monoisotopic (exact) mass is 401 g/mol. The summed E-state index contributed by atoms with van der Waals surface area (Å²) in [7, 11) is -3.63. The molecule has 0 aromatic heterocycles. The number of hydrazone groups is 1. The number of nitrogens with one attached hydrogen (secondary N) is 1. The molecule has 8 heteroatoms. The number of benzene rings is 2. The number of aryl methyl sites for hydroxylation is 1. The molecule has 7 nitrogen and oxygen atoms in total. The van der Waals surface area contributed by atoms with E-state index in [2.05, 4.69) is 17.1 Å². The molecule has 0 aliphatic rings. The van der Waals surface area contributed by atoms with Crippen LogP contribution in [-0.4, -0.2) is 39.9 Å². The van der Waals surface area contributed by atoms with Gasteiger partial charge in [0.25, 0.3) is 5.91 Å². The van der Waals surface area contributed by atoms with Crippen LogP contribution in [0.4, 0.5) is 5.69 Å². The standard InChI is InChI=1S/C20H23N3O4S/c1-4-13-27-18-11-9-17(10-12-18)14-21-22-20(24)15-23(28(3,25)26)19-8-6-5-7-16(19)2/h4-12,14H,1,13,15H2,2-3H3,(H,22,24)/b21-14-. The first-order valence-corrected chi connectivity index (χ1v) is 10.3. The van der Waals surface area contributed by atoms with Crippen molar-refractivity contribution < 1.29 is 17.9 Å². The molecule has 0 heterocycles. The van der Waals surface area contributed by atoms with Crippen LogP contribution in [0.5, 0.6) is 5.75 Å². The van der Waals surface area contributed by atoms with Gasteiger partial charge in [0.1, 0.15) is 18.9 Å². The molecule has 0 saturated carbocycles. The van der Waals surface area contributed by atoms with Crippen molar-refractivity contribution in [1.82, 2.24) is 5.43 Å². The van der Waals surface area contributed by atoms with Gasteiger partial charge in [-0.25, -0.2) is 13.8 Å². The fraction of sp³-hybridized carbons (Fsp3) is 0.200. The number of hydrogen-bond acceptors (Lipinski definition) is 5. The molecule has 2 rings (SSSR count). The highest BCUT2D eigenvalue weighted by molar-refractivity contribution is 7.92. The summed E-state index contributed by atoms with van der Waals surface area (Å²) in [5.74, 6) is 0.152. The zero-order valence-corrected chi connectivity index (χ0v) is 16.6. The molecule has 28 heavy (non-hydrogen) atoms. The second kappa shape index (κ2) is 9.70. The minimum Gasteiger partial charge on any atom is -0.490 e. The lowest BCUT2D eigenvalue weighted by Gasteiger charge is -2.23. The van der Waals surface area contributed by atoms with E-state index in [0.29, 0.717) is 18.0 Å².